The number of rotatable bonds is 3. The highest BCUT2D eigenvalue weighted by Gasteiger charge is 2.32. The molecule has 0 radical (unpaired) electrons. The molecule has 0 aliphatic carbocycles. The molecule has 2 heterocycles. The summed E-state index contributed by atoms with van der Waals surface area (Å²) >= 11 is 0. The van der Waals surface area contributed by atoms with Crippen LogP contribution in [0.5, 0.6) is 0 Å². The Morgan fingerprint density at radius 1 is 0.897 bits per heavy atom. The van der Waals surface area contributed by atoms with Crippen LogP contribution in [-0.4, -0.2) is 16.0 Å². The molecule has 0 fully saturated rings. The minimum atomic E-state index is -4.41. The molecule has 2 aromatic carbocycles. The Bertz CT molecular complexity index is 1010. The lowest BCUT2D eigenvalue weighted by Crippen LogP contribution is -2.29. The largest absolute Gasteiger partial charge is 0.416 e. The summed E-state index contributed by atoms with van der Waals surface area (Å²) in [5.74, 6) is -1.87. The van der Waals surface area contributed by atoms with Gasteiger partial charge in [0.2, 0.25) is 0 Å². The third kappa shape index (κ3) is 4.05. The van der Waals surface area contributed by atoms with Crippen LogP contribution in [0.3, 0.4) is 0 Å². The van der Waals surface area contributed by atoms with E-state index in [4.69, 9.17) is 0 Å². The van der Waals surface area contributed by atoms with Crippen LogP contribution in [0.1, 0.15) is 34.8 Å². The molecule has 3 aromatic rings. The fourth-order valence-electron chi connectivity index (χ4n) is 3.95. The van der Waals surface area contributed by atoms with E-state index in [0.717, 1.165) is 36.9 Å². The Morgan fingerprint density at radius 2 is 1.72 bits per heavy atom. The Kier molecular flexibility index (Phi) is 5.17. The molecular formula is C22H19F5N2. The van der Waals surface area contributed by atoms with Gasteiger partial charge in [0.25, 0.3) is 0 Å². The second kappa shape index (κ2) is 7.63. The highest BCUT2D eigenvalue weighted by atomic mass is 19.4. The number of benzene rings is 2. The van der Waals surface area contributed by atoms with Crippen molar-refractivity contribution in [1.82, 2.24) is 9.47 Å². The average Bonchev–Trinajstić information content (AvgIpc) is 3.05. The Morgan fingerprint density at radius 3 is 2.48 bits per heavy atom. The van der Waals surface area contributed by atoms with Gasteiger partial charge in [0, 0.05) is 31.5 Å². The molecule has 152 valence electrons. The maximum absolute atomic E-state index is 14.0. The van der Waals surface area contributed by atoms with E-state index in [1.807, 2.05) is 23.2 Å². The van der Waals surface area contributed by atoms with Crippen LogP contribution in [0.4, 0.5) is 22.0 Å². The zero-order chi connectivity index (χ0) is 20.6. The van der Waals surface area contributed by atoms with E-state index in [1.54, 1.807) is 6.07 Å². The minimum absolute atomic E-state index is 0.263. The molecule has 0 N–H and O–H groups in total. The molecule has 0 amide bonds. The van der Waals surface area contributed by atoms with E-state index in [-0.39, 0.29) is 6.54 Å². The van der Waals surface area contributed by atoms with Crippen molar-refractivity contribution in [3.05, 3.63) is 94.8 Å². The van der Waals surface area contributed by atoms with Crippen LogP contribution >= 0.6 is 0 Å². The van der Waals surface area contributed by atoms with E-state index in [1.165, 1.54) is 18.2 Å². The van der Waals surface area contributed by atoms with Gasteiger partial charge in [0.1, 0.15) is 0 Å². The summed E-state index contributed by atoms with van der Waals surface area (Å²) in [5.41, 5.74) is 1.29. The average molecular weight is 406 g/mol. The van der Waals surface area contributed by atoms with Crippen molar-refractivity contribution in [3.8, 4) is 0 Å². The smallest absolute Gasteiger partial charge is 0.350 e. The first kappa shape index (κ1) is 19.6. The van der Waals surface area contributed by atoms with Crippen molar-refractivity contribution in [1.29, 1.82) is 0 Å². The topological polar surface area (TPSA) is 8.17 Å². The van der Waals surface area contributed by atoms with Gasteiger partial charge in [-0.15, -0.1) is 0 Å². The maximum Gasteiger partial charge on any atom is 0.416 e. The number of alkyl halides is 3. The number of halogens is 5. The van der Waals surface area contributed by atoms with Gasteiger partial charge in [-0.3, -0.25) is 4.90 Å². The molecule has 1 aliphatic heterocycles. The molecule has 1 aliphatic rings. The molecule has 7 heteroatoms. The first-order valence-corrected chi connectivity index (χ1v) is 9.33. The Balaban J connectivity index is 1.73. The predicted molar refractivity (Wildman–Crippen MR) is 99.1 cm³/mol. The van der Waals surface area contributed by atoms with Gasteiger partial charge in [-0.05, 0) is 47.9 Å². The lowest BCUT2D eigenvalue weighted by Gasteiger charge is -2.31. The van der Waals surface area contributed by atoms with Crippen LogP contribution < -0.4 is 0 Å². The Hall–Kier alpha value is -2.67. The van der Waals surface area contributed by atoms with Crippen molar-refractivity contribution < 1.29 is 22.0 Å². The summed E-state index contributed by atoms with van der Waals surface area (Å²) in [7, 11) is 0. The number of nitrogens with zero attached hydrogens (tertiary/aromatic N) is 2. The van der Waals surface area contributed by atoms with Crippen LogP contribution in [0.25, 0.3) is 0 Å². The summed E-state index contributed by atoms with van der Waals surface area (Å²) in [6.07, 6.45) is -1.69. The molecule has 1 atom stereocenters. The van der Waals surface area contributed by atoms with Crippen molar-refractivity contribution >= 4 is 0 Å². The lowest BCUT2D eigenvalue weighted by molar-refractivity contribution is -0.137. The first-order chi connectivity index (χ1) is 13.8. The highest BCUT2D eigenvalue weighted by molar-refractivity contribution is 5.32. The summed E-state index contributed by atoms with van der Waals surface area (Å²) in [5, 5.41) is 0. The molecule has 0 bridgehead atoms. The third-order valence-electron chi connectivity index (χ3n) is 5.25. The fraction of sp³-hybridized carbons (Fsp3) is 0.273. The molecule has 0 saturated carbocycles. The van der Waals surface area contributed by atoms with Gasteiger partial charge in [-0.25, -0.2) is 8.78 Å². The van der Waals surface area contributed by atoms with E-state index in [9.17, 15) is 22.0 Å². The molecule has 1 aromatic heterocycles. The van der Waals surface area contributed by atoms with Gasteiger partial charge >= 0.3 is 6.18 Å². The lowest BCUT2D eigenvalue weighted by atomic mass is 10.0. The second-order valence-corrected chi connectivity index (χ2v) is 7.22. The van der Waals surface area contributed by atoms with Crippen molar-refractivity contribution in [2.24, 2.45) is 0 Å². The monoisotopic (exact) mass is 406 g/mol. The number of fused-ring (bicyclic) bond motifs is 1. The van der Waals surface area contributed by atoms with Gasteiger partial charge in [0.05, 0.1) is 11.6 Å². The van der Waals surface area contributed by atoms with Crippen LogP contribution in [-0.2, 0) is 19.3 Å². The van der Waals surface area contributed by atoms with Gasteiger partial charge < -0.3 is 4.57 Å². The number of aromatic nitrogens is 1. The van der Waals surface area contributed by atoms with Crippen molar-refractivity contribution in [2.75, 3.05) is 6.54 Å². The fourth-order valence-corrected chi connectivity index (χ4v) is 3.95. The van der Waals surface area contributed by atoms with Gasteiger partial charge in [-0.2, -0.15) is 13.2 Å². The number of hydrogen-bond donors (Lipinski definition) is 0. The predicted octanol–water partition coefficient (Wildman–Crippen LogP) is 5.78. The second-order valence-electron chi connectivity index (χ2n) is 7.22. The van der Waals surface area contributed by atoms with Crippen LogP contribution in [0, 0.1) is 11.6 Å². The Labute approximate surface area is 165 Å². The number of aryl methyl sites for hydroxylation is 1. The molecule has 29 heavy (non-hydrogen) atoms. The summed E-state index contributed by atoms with van der Waals surface area (Å²) < 4.78 is 68.8. The third-order valence-corrected chi connectivity index (χ3v) is 5.25. The summed E-state index contributed by atoms with van der Waals surface area (Å²) in [4.78, 5) is 2.01. The summed E-state index contributed by atoms with van der Waals surface area (Å²) in [6.45, 7) is 1.63. The zero-order valence-corrected chi connectivity index (χ0v) is 15.5. The SMILES string of the molecule is Fc1ccc([C@H]2c3cccn3CCCN2Cc2cccc(C(F)(F)F)c2)cc1F. The molecular weight excluding hydrogens is 387 g/mol. The first-order valence-electron chi connectivity index (χ1n) is 9.33. The zero-order valence-electron chi connectivity index (χ0n) is 15.5. The molecule has 0 saturated heterocycles. The molecule has 4 rings (SSSR count). The van der Waals surface area contributed by atoms with Crippen molar-refractivity contribution in [3.63, 3.8) is 0 Å². The standard InChI is InChI=1S/C22H19F5N2/c23-18-8-7-16(13-19(18)24)21-20-6-2-9-28(20)10-3-11-29(21)14-15-4-1-5-17(12-15)22(25,26)27/h1-2,4-9,12-13,21H,3,10-11,14H2/t21-/m0/s1. The van der Waals surface area contributed by atoms with Gasteiger partial charge in [-0.1, -0.05) is 24.3 Å². The van der Waals surface area contributed by atoms with E-state index >= 15 is 0 Å². The van der Waals surface area contributed by atoms with Gasteiger partial charge in [0.15, 0.2) is 11.6 Å². The number of hydrogen-bond acceptors (Lipinski definition) is 1. The van der Waals surface area contributed by atoms with Crippen LogP contribution in [0.2, 0.25) is 0 Å². The van der Waals surface area contributed by atoms with E-state index in [0.29, 0.717) is 17.7 Å². The van der Waals surface area contributed by atoms with E-state index in [2.05, 4.69) is 4.57 Å². The molecule has 0 spiro atoms. The maximum atomic E-state index is 14.0. The van der Waals surface area contributed by atoms with Crippen LogP contribution in [0.15, 0.2) is 60.8 Å². The van der Waals surface area contributed by atoms with E-state index < -0.39 is 29.4 Å². The summed E-state index contributed by atoms with van der Waals surface area (Å²) in [6, 6.07) is 12.4. The normalized spacial score (nSPS) is 17.8. The molecule has 2 nitrogen and oxygen atoms in total. The minimum Gasteiger partial charge on any atom is -0.350 e. The van der Waals surface area contributed by atoms with Crippen molar-refractivity contribution in [2.45, 2.75) is 31.7 Å². The molecule has 0 unspecified atom stereocenters. The highest BCUT2D eigenvalue weighted by Crippen LogP contribution is 2.35. The quantitative estimate of drug-likeness (QED) is 0.501.